The van der Waals surface area contributed by atoms with E-state index in [-0.39, 0.29) is 5.69 Å². The molecule has 0 saturated heterocycles. The molecule has 126 valence electrons. The van der Waals surface area contributed by atoms with Crippen molar-refractivity contribution in [3.8, 4) is 16.9 Å². The molecule has 0 aliphatic heterocycles. The van der Waals surface area contributed by atoms with Crippen LogP contribution in [0.25, 0.3) is 16.9 Å². The van der Waals surface area contributed by atoms with Gasteiger partial charge in [-0.2, -0.15) is 5.10 Å². The second-order valence-corrected chi connectivity index (χ2v) is 5.33. The summed E-state index contributed by atoms with van der Waals surface area (Å²) >= 11 is 0. The number of carbonyl (C=O) groups is 1. The third-order valence-corrected chi connectivity index (χ3v) is 3.83. The third-order valence-electron chi connectivity index (χ3n) is 3.83. The van der Waals surface area contributed by atoms with E-state index in [1.807, 2.05) is 30.3 Å². The number of non-ortho nitro benzene ring substituents is 1. The van der Waals surface area contributed by atoms with Crippen LogP contribution in [0, 0.1) is 17.0 Å². The summed E-state index contributed by atoms with van der Waals surface area (Å²) in [7, 11) is 0. The molecule has 0 aliphatic carbocycles. The molecule has 0 aliphatic rings. The first-order valence-electron chi connectivity index (χ1n) is 7.43. The zero-order chi connectivity index (χ0) is 18.0. The number of benzene rings is 2. The predicted molar refractivity (Wildman–Crippen MR) is 92.0 cm³/mol. The van der Waals surface area contributed by atoms with E-state index in [1.54, 1.807) is 23.7 Å². The van der Waals surface area contributed by atoms with Gasteiger partial charge in [-0.25, -0.2) is 10.5 Å². The Labute approximate surface area is 143 Å². The minimum atomic E-state index is -0.481. The molecule has 0 spiro atoms. The number of amides is 1. The van der Waals surface area contributed by atoms with Crippen molar-refractivity contribution >= 4 is 11.6 Å². The summed E-state index contributed by atoms with van der Waals surface area (Å²) in [5, 5.41) is 15.3. The normalized spacial score (nSPS) is 10.5. The number of nitro groups is 1. The number of hydrogen-bond acceptors (Lipinski definition) is 5. The molecule has 3 aromatic rings. The Morgan fingerprint density at radius 1 is 1.16 bits per heavy atom. The monoisotopic (exact) mass is 337 g/mol. The molecule has 1 aromatic heterocycles. The number of nitro benzene ring substituents is 1. The molecule has 2 aromatic carbocycles. The summed E-state index contributed by atoms with van der Waals surface area (Å²) in [5.74, 6) is 4.83. The van der Waals surface area contributed by atoms with Crippen molar-refractivity contribution in [2.45, 2.75) is 6.92 Å². The SMILES string of the molecule is Cc1c(C(=O)NN)c(-c2ccc([N+](=O)[O-])cc2)nn1-c1ccccc1. The lowest BCUT2D eigenvalue weighted by Crippen LogP contribution is -2.30. The van der Waals surface area contributed by atoms with Gasteiger partial charge < -0.3 is 0 Å². The lowest BCUT2D eigenvalue weighted by molar-refractivity contribution is -0.384. The second kappa shape index (κ2) is 6.54. The summed E-state index contributed by atoms with van der Waals surface area (Å²) in [4.78, 5) is 22.6. The van der Waals surface area contributed by atoms with Crippen LogP contribution in [0.15, 0.2) is 54.6 Å². The maximum atomic E-state index is 12.3. The number of para-hydroxylation sites is 1. The average Bonchev–Trinajstić information content (AvgIpc) is 2.99. The summed E-state index contributed by atoms with van der Waals surface area (Å²) in [6, 6.07) is 15.2. The number of hydrogen-bond donors (Lipinski definition) is 2. The summed E-state index contributed by atoms with van der Waals surface area (Å²) in [6.07, 6.45) is 0. The van der Waals surface area contributed by atoms with Crippen LogP contribution < -0.4 is 11.3 Å². The van der Waals surface area contributed by atoms with Gasteiger partial charge in [0.15, 0.2) is 0 Å². The fraction of sp³-hybridized carbons (Fsp3) is 0.0588. The molecule has 1 amide bonds. The Kier molecular flexibility index (Phi) is 4.27. The van der Waals surface area contributed by atoms with Crippen molar-refractivity contribution in [2.24, 2.45) is 5.84 Å². The van der Waals surface area contributed by atoms with Gasteiger partial charge in [0.1, 0.15) is 5.69 Å². The minimum absolute atomic E-state index is 0.0345. The quantitative estimate of drug-likeness (QED) is 0.328. The van der Waals surface area contributed by atoms with E-state index in [0.29, 0.717) is 22.5 Å². The number of nitrogen functional groups attached to an aromatic ring is 1. The van der Waals surface area contributed by atoms with Gasteiger partial charge in [0.2, 0.25) is 0 Å². The number of carbonyl (C=O) groups excluding carboxylic acids is 1. The standard InChI is InChI=1S/C17H15N5O3/c1-11-15(17(23)19-18)16(12-7-9-14(10-8-12)22(24)25)20-21(11)13-5-3-2-4-6-13/h2-10H,18H2,1H3,(H,19,23). The molecular weight excluding hydrogens is 322 g/mol. The maximum Gasteiger partial charge on any atom is 0.269 e. The van der Waals surface area contributed by atoms with Gasteiger partial charge in [0, 0.05) is 17.7 Å². The zero-order valence-corrected chi connectivity index (χ0v) is 13.3. The second-order valence-electron chi connectivity index (χ2n) is 5.33. The van der Waals surface area contributed by atoms with Gasteiger partial charge in [0.25, 0.3) is 11.6 Å². The molecule has 0 bridgehead atoms. The Balaban J connectivity index is 2.18. The highest BCUT2D eigenvalue weighted by Crippen LogP contribution is 2.28. The van der Waals surface area contributed by atoms with Crippen molar-refractivity contribution in [1.29, 1.82) is 0 Å². The number of nitrogens with one attached hydrogen (secondary N) is 1. The Morgan fingerprint density at radius 3 is 2.36 bits per heavy atom. The lowest BCUT2D eigenvalue weighted by atomic mass is 10.1. The van der Waals surface area contributed by atoms with Crippen molar-refractivity contribution < 1.29 is 9.72 Å². The topological polar surface area (TPSA) is 116 Å². The highest BCUT2D eigenvalue weighted by molar-refractivity contribution is 6.01. The molecule has 8 heteroatoms. The number of nitrogens with two attached hydrogens (primary N) is 1. The molecule has 1 heterocycles. The van der Waals surface area contributed by atoms with Crippen LogP contribution in [0.5, 0.6) is 0 Å². The van der Waals surface area contributed by atoms with Crippen molar-refractivity contribution in [3.63, 3.8) is 0 Å². The predicted octanol–water partition coefficient (Wildman–Crippen LogP) is 2.36. The van der Waals surface area contributed by atoms with Gasteiger partial charge in [-0.05, 0) is 31.2 Å². The van der Waals surface area contributed by atoms with Gasteiger partial charge in [0.05, 0.1) is 21.9 Å². The van der Waals surface area contributed by atoms with Crippen molar-refractivity contribution in [2.75, 3.05) is 0 Å². The molecule has 3 rings (SSSR count). The van der Waals surface area contributed by atoms with Crippen molar-refractivity contribution in [1.82, 2.24) is 15.2 Å². The summed E-state index contributed by atoms with van der Waals surface area (Å²) in [6.45, 7) is 1.76. The van der Waals surface area contributed by atoms with Gasteiger partial charge >= 0.3 is 0 Å². The molecular formula is C17H15N5O3. The summed E-state index contributed by atoms with van der Waals surface area (Å²) < 4.78 is 1.64. The van der Waals surface area contributed by atoms with E-state index in [1.165, 1.54) is 12.1 Å². The Bertz CT molecular complexity index is 933. The van der Waals surface area contributed by atoms with E-state index in [2.05, 4.69) is 10.5 Å². The van der Waals surface area contributed by atoms with Crippen molar-refractivity contribution in [3.05, 3.63) is 76.0 Å². The average molecular weight is 337 g/mol. The first-order valence-corrected chi connectivity index (χ1v) is 7.43. The number of nitrogens with zero attached hydrogens (tertiary/aromatic N) is 3. The molecule has 0 unspecified atom stereocenters. The number of aromatic nitrogens is 2. The van der Waals surface area contributed by atoms with Crippen LogP contribution in [0.2, 0.25) is 0 Å². The first-order chi connectivity index (χ1) is 12.0. The molecule has 3 N–H and O–H groups in total. The maximum absolute atomic E-state index is 12.3. The molecule has 8 nitrogen and oxygen atoms in total. The smallest absolute Gasteiger partial charge is 0.269 e. The van der Waals surface area contributed by atoms with Gasteiger partial charge in [-0.15, -0.1) is 0 Å². The third kappa shape index (κ3) is 2.98. The van der Waals surface area contributed by atoms with Crippen LogP contribution in [0.1, 0.15) is 16.1 Å². The molecule has 0 radical (unpaired) electrons. The van der Waals surface area contributed by atoms with Crippen LogP contribution in [-0.4, -0.2) is 20.6 Å². The number of hydrazine groups is 1. The highest BCUT2D eigenvalue weighted by atomic mass is 16.6. The largest absolute Gasteiger partial charge is 0.290 e. The molecule has 0 atom stereocenters. The highest BCUT2D eigenvalue weighted by Gasteiger charge is 2.23. The Hall–Kier alpha value is -3.52. The van der Waals surface area contributed by atoms with E-state index in [4.69, 9.17) is 5.84 Å². The van der Waals surface area contributed by atoms with Crippen LogP contribution in [-0.2, 0) is 0 Å². The fourth-order valence-electron chi connectivity index (χ4n) is 2.61. The molecule has 0 saturated carbocycles. The minimum Gasteiger partial charge on any atom is -0.290 e. The lowest BCUT2D eigenvalue weighted by Gasteiger charge is -2.04. The van der Waals surface area contributed by atoms with Gasteiger partial charge in [-0.1, -0.05) is 18.2 Å². The van der Waals surface area contributed by atoms with E-state index in [0.717, 1.165) is 5.69 Å². The van der Waals surface area contributed by atoms with Crippen LogP contribution >= 0.6 is 0 Å². The van der Waals surface area contributed by atoms with E-state index in [9.17, 15) is 14.9 Å². The first kappa shape index (κ1) is 16.3. The van der Waals surface area contributed by atoms with E-state index < -0.39 is 10.8 Å². The van der Waals surface area contributed by atoms with Gasteiger partial charge in [-0.3, -0.25) is 20.3 Å². The van der Waals surface area contributed by atoms with Crippen LogP contribution in [0.4, 0.5) is 5.69 Å². The number of rotatable bonds is 4. The summed E-state index contributed by atoms with van der Waals surface area (Å²) in [5.41, 5.74) is 4.80. The fourth-order valence-corrected chi connectivity index (χ4v) is 2.61. The van der Waals surface area contributed by atoms with E-state index >= 15 is 0 Å². The van der Waals surface area contributed by atoms with Crippen LogP contribution in [0.3, 0.4) is 0 Å². The zero-order valence-electron chi connectivity index (χ0n) is 13.3. The molecule has 25 heavy (non-hydrogen) atoms. The Morgan fingerprint density at radius 2 is 1.80 bits per heavy atom. The molecule has 0 fully saturated rings.